The average Bonchev–Trinajstić information content (AvgIpc) is 2.55. The number of nitrogens with one attached hydrogen (secondary N) is 3. The Morgan fingerprint density at radius 2 is 1.82 bits per heavy atom. The number of hydrogen-bond donors (Lipinski definition) is 3. The predicted molar refractivity (Wildman–Crippen MR) is 85.5 cm³/mol. The van der Waals surface area contributed by atoms with Gasteiger partial charge in [0.05, 0.1) is 12.6 Å². The highest BCUT2D eigenvalue weighted by molar-refractivity contribution is 5.31. The summed E-state index contributed by atoms with van der Waals surface area (Å²) in [4.78, 5) is 5.06. The fourth-order valence-corrected chi connectivity index (χ4v) is 2.20. The zero-order chi connectivity index (χ0) is 15.6. The summed E-state index contributed by atoms with van der Waals surface area (Å²) in [6.45, 7) is 1.38. The molecule has 0 radical (unpaired) electrons. The van der Waals surface area contributed by atoms with E-state index < -0.39 is 0 Å². The number of hydrogen-bond acceptors (Lipinski definition) is 4. The van der Waals surface area contributed by atoms with E-state index in [9.17, 15) is 4.39 Å². The van der Waals surface area contributed by atoms with Crippen molar-refractivity contribution in [3.05, 3.63) is 71.5 Å². The second kappa shape index (κ2) is 9.27. The van der Waals surface area contributed by atoms with Gasteiger partial charge in [-0.2, -0.15) is 0 Å². The van der Waals surface area contributed by atoms with Gasteiger partial charge in [-0.05, 0) is 29.7 Å². The normalized spacial score (nSPS) is 12.3. The van der Waals surface area contributed by atoms with E-state index in [4.69, 9.17) is 4.84 Å². The molecule has 0 aliphatic rings. The van der Waals surface area contributed by atoms with Gasteiger partial charge >= 0.3 is 0 Å². The molecule has 118 valence electrons. The van der Waals surface area contributed by atoms with Gasteiger partial charge in [0, 0.05) is 13.6 Å². The third kappa shape index (κ3) is 5.20. The standard InChI is InChI=1S/C17H22FN3O/c1-19-22-12-6-11-20-21-17(14-7-3-2-4-8-14)15-9-5-10-16(18)13-15/h2-5,7-10,13,17,19-21H,6,11-12H2,1H3. The van der Waals surface area contributed by atoms with Crippen molar-refractivity contribution >= 4 is 0 Å². The van der Waals surface area contributed by atoms with Crippen LogP contribution in [-0.4, -0.2) is 20.2 Å². The first-order valence-electron chi connectivity index (χ1n) is 7.38. The van der Waals surface area contributed by atoms with Crippen LogP contribution in [0.5, 0.6) is 0 Å². The molecule has 2 aromatic rings. The first-order valence-corrected chi connectivity index (χ1v) is 7.38. The lowest BCUT2D eigenvalue weighted by molar-refractivity contribution is 0.0558. The van der Waals surface area contributed by atoms with Gasteiger partial charge in [-0.3, -0.25) is 5.43 Å². The number of hydrazine groups is 1. The highest BCUT2D eigenvalue weighted by Crippen LogP contribution is 2.21. The molecule has 2 rings (SSSR count). The zero-order valence-electron chi connectivity index (χ0n) is 12.7. The maximum atomic E-state index is 13.5. The number of halogens is 1. The molecule has 0 saturated heterocycles. The first-order chi connectivity index (χ1) is 10.8. The van der Waals surface area contributed by atoms with Crippen LogP contribution in [0.2, 0.25) is 0 Å². The summed E-state index contributed by atoms with van der Waals surface area (Å²) in [6.07, 6.45) is 0.860. The molecule has 0 fully saturated rings. The fraction of sp³-hybridized carbons (Fsp3) is 0.294. The second-order valence-corrected chi connectivity index (χ2v) is 4.88. The van der Waals surface area contributed by atoms with Crippen molar-refractivity contribution in [3.8, 4) is 0 Å². The smallest absolute Gasteiger partial charge is 0.123 e. The molecule has 0 aliphatic heterocycles. The largest absolute Gasteiger partial charge is 0.302 e. The molecule has 1 atom stereocenters. The summed E-state index contributed by atoms with van der Waals surface area (Å²) in [6, 6.07) is 16.5. The maximum absolute atomic E-state index is 13.5. The molecule has 0 aromatic heterocycles. The van der Waals surface area contributed by atoms with Gasteiger partial charge in [0.25, 0.3) is 0 Å². The van der Waals surface area contributed by atoms with Gasteiger partial charge in [0.1, 0.15) is 5.82 Å². The third-order valence-electron chi connectivity index (χ3n) is 3.25. The monoisotopic (exact) mass is 303 g/mol. The Morgan fingerprint density at radius 3 is 2.55 bits per heavy atom. The predicted octanol–water partition coefficient (Wildman–Crippen LogP) is 2.55. The third-order valence-corrected chi connectivity index (χ3v) is 3.25. The van der Waals surface area contributed by atoms with Gasteiger partial charge in [0.2, 0.25) is 0 Å². The Morgan fingerprint density at radius 1 is 1.05 bits per heavy atom. The minimum Gasteiger partial charge on any atom is -0.302 e. The lowest BCUT2D eigenvalue weighted by atomic mass is 9.99. The lowest BCUT2D eigenvalue weighted by Crippen LogP contribution is -2.37. The van der Waals surface area contributed by atoms with Crippen molar-refractivity contribution in [3.63, 3.8) is 0 Å². The summed E-state index contributed by atoms with van der Waals surface area (Å²) < 4.78 is 13.5. The Balaban J connectivity index is 2.00. The SMILES string of the molecule is CNOCCCNNC(c1ccccc1)c1cccc(F)c1. The summed E-state index contributed by atoms with van der Waals surface area (Å²) >= 11 is 0. The quantitative estimate of drug-likeness (QED) is 0.492. The molecule has 0 spiro atoms. The average molecular weight is 303 g/mol. The lowest BCUT2D eigenvalue weighted by Gasteiger charge is -2.20. The summed E-state index contributed by atoms with van der Waals surface area (Å²) in [7, 11) is 1.74. The molecular weight excluding hydrogens is 281 g/mol. The van der Waals surface area contributed by atoms with Crippen molar-refractivity contribution in [2.75, 3.05) is 20.2 Å². The molecule has 5 heteroatoms. The van der Waals surface area contributed by atoms with Crippen molar-refractivity contribution < 1.29 is 9.23 Å². The first kappa shape index (κ1) is 16.6. The van der Waals surface area contributed by atoms with Crippen molar-refractivity contribution in [1.82, 2.24) is 16.3 Å². The highest BCUT2D eigenvalue weighted by Gasteiger charge is 2.13. The van der Waals surface area contributed by atoms with E-state index in [2.05, 4.69) is 16.3 Å². The molecule has 0 bridgehead atoms. The van der Waals surface area contributed by atoms with Crippen LogP contribution in [0.1, 0.15) is 23.6 Å². The van der Waals surface area contributed by atoms with Crippen LogP contribution in [0.15, 0.2) is 54.6 Å². The van der Waals surface area contributed by atoms with Crippen LogP contribution in [-0.2, 0) is 4.84 Å². The molecule has 0 aliphatic carbocycles. The van der Waals surface area contributed by atoms with Crippen LogP contribution >= 0.6 is 0 Å². The molecule has 1 unspecified atom stereocenters. The van der Waals surface area contributed by atoms with E-state index in [0.717, 1.165) is 24.1 Å². The molecular formula is C17H22FN3O. The van der Waals surface area contributed by atoms with E-state index in [1.54, 1.807) is 19.2 Å². The Bertz CT molecular complexity index is 551. The summed E-state index contributed by atoms with van der Waals surface area (Å²) in [5.74, 6) is -0.234. The number of benzene rings is 2. The van der Waals surface area contributed by atoms with Gasteiger partial charge in [-0.1, -0.05) is 42.5 Å². The number of hydroxylamine groups is 1. The molecule has 0 saturated carbocycles. The van der Waals surface area contributed by atoms with E-state index in [1.807, 2.05) is 36.4 Å². The van der Waals surface area contributed by atoms with Crippen LogP contribution < -0.4 is 16.3 Å². The minimum absolute atomic E-state index is 0.109. The van der Waals surface area contributed by atoms with Crippen molar-refractivity contribution in [1.29, 1.82) is 0 Å². The highest BCUT2D eigenvalue weighted by atomic mass is 19.1. The van der Waals surface area contributed by atoms with Gasteiger partial charge in [-0.15, -0.1) is 0 Å². The minimum atomic E-state index is -0.234. The number of rotatable bonds is 9. The summed E-state index contributed by atoms with van der Waals surface area (Å²) in [5, 5.41) is 0. The van der Waals surface area contributed by atoms with Crippen LogP contribution in [0.4, 0.5) is 4.39 Å². The van der Waals surface area contributed by atoms with E-state index >= 15 is 0 Å². The molecule has 4 nitrogen and oxygen atoms in total. The Hall–Kier alpha value is -1.79. The van der Waals surface area contributed by atoms with Crippen LogP contribution in [0.3, 0.4) is 0 Å². The van der Waals surface area contributed by atoms with Crippen molar-refractivity contribution in [2.45, 2.75) is 12.5 Å². The molecule has 3 N–H and O–H groups in total. The van der Waals surface area contributed by atoms with Gasteiger partial charge < -0.3 is 4.84 Å². The molecule has 0 amide bonds. The van der Waals surface area contributed by atoms with Crippen molar-refractivity contribution in [2.24, 2.45) is 0 Å². The maximum Gasteiger partial charge on any atom is 0.123 e. The zero-order valence-corrected chi connectivity index (χ0v) is 12.7. The molecule has 2 aromatic carbocycles. The molecule has 22 heavy (non-hydrogen) atoms. The van der Waals surface area contributed by atoms with Crippen LogP contribution in [0, 0.1) is 5.82 Å². The Labute approximate surface area is 130 Å². The molecule has 0 heterocycles. The van der Waals surface area contributed by atoms with Gasteiger partial charge in [-0.25, -0.2) is 15.3 Å². The van der Waals surface area contributed by atoms with E-state index in [0.29, 0.717) is 6.61 Å². The fourth-order valence-electron chi connectivity index (χ4n) is 2.20. The second-order valence-electron chi connectivity index (χ2n) is 4.88. The van der Waals surface area contributed by atoms with E-state index in [-0.39, 0.29) is 11.9 Å². The Kier molecular flexibility index (Phi) is 6.99. The topological polar surface area (TPSA) is 45.3 Å². The van der Waals surface area contributed by atoms with Gasteiger partial charge in [0.15, 0.2) is 0 Å². The van der Waals surface area contributed by atoms with Crippen LogP contribution in [0.25, 0.3) is 0 Å². The summed E-state index contributed by atoms with van der Waals surface area (Å²) in [5.41, 5.74) is 11.0. The van der Waals surface area contributed by atoms with E-state index in [1.165, 1.54) is 6.07 Å².